The van der Waals surface area contributed by atoms with Gasteiger partial charge in [-0.15, -0.1) is 0 Å². The Hall–Kier alpha value is -3.63. The van der Waals surface area contributed by atoms with E-state index in [1.54, 1.807) is 12.1 Å². The van der Waals surface area contributed by atoms with E-state index in [0.717, 1.165) is 58.3 Å². The fraction of sp³-hybridized carbons (Fsp3) is 0.424. The molecule has 0 saturated heterocycles. The summed E-state index contributed by atoms with van der Waals surface area (Å²) in [6.45, 7) is 2.77. The minimum absolute atomic E-state index is 0.0533. The van der Waals surface area contributed by atoms with Gasteiger partial charge in [0.25, 0.3) is 0 Å². The smallest absolute Gasteiger partial charge is 0.339 e. The Morgan fingerprint density at radius 3 is 2.24 bits per heavy atom. The molecule has 3 aromatic carbocycles. The van der Waals surface area contributed by atoms with Gasteiger partial charge in [0.15, 0.2) is 0 Å². The largest absolute Gasteiger partial charge is 0.508 e. The molecule has 6 N–H and O–H groups in total. The molecule has 230 valence electrons. The number of ether oxygens (including phenoxy) is 2. The Labute approximate surface area is 248 Å². The highest BCUT2D eigenvalue weighted by atomic mass is 16.5. The molecule has 1 atom stereocenters. The second kappa shape index (κ2) is 20.3. The molecular formula is C33H45NO8. The molecule has 0 bridgehead atoms. The first kappa shape index (κ1) is 34.6. The van der Waals surface area contributed by atoms with Crippen molar-refractivity contribution in [3.63, 3.8) is 0 Å². The molecule has 0 amide bonds. The number of aromatic carboxylic acids is 1. The van der Waals surface area contributed by atoms with E-state index in [2.05, 4.69) is 35.6 Å². The van der Waals surface area contributed by atoms with Crippen LogP contribution in [0, 0.1) is 0 Å². The maximum Gasteiger partial charge on any atom is 0.339 e. The van der Waals surface area contributed by atoms with Gasteiger partial charge in [0.05, 0.1) is 19.8 Å². The molecule has 0 aliphatic rings. The number of phenols is 2. The summed E-state index contributed by atoms with van der Waals surface area (Å²) in [5.41, 5.74) is 2.38. The molecule has 0 aliphatic carbocycles. The lowest BCUT2D eigenvalue weighted by atomic mass is 10.1. The number of aliphatic hydroxyl groups excluding tert-OH is 2. The summed E-state index contributed by atoms with van der Waals surface area (Å²) >= 11 is 0. The van der Waals surface area contributed by atoms with E-state index in [9.17, 15) is 20.1 Å². The van der Waals surface area contributed by atoms with Crippen LogP contribution >= 0.6 is 0 Å². The van der Waals surface area contributed by atoms with Gasteiger partial charge >= 0.3 is 5.97 Å². The predicted octanol–water partition coefficient (Wildman–Crippen LogP) is 5.21. The highest BCUT2D eigenvalue weighted by Crippen LogP contribution is 2.23. The number of rotatable bonds is 18. The molecule has 3 aromatic rings. The molecule has 0 radical (unpaired) electrons. The zero-order chi connectivity index (χ0) is 30.6. The van der Waals surface area contributed by atoms with Gasteiger partial charge in [0.2, 0.25) is 0 Å². The van der Waals surface area contributed by atoms with Crippen LogP contribution in [0.4, 0.5) is 0 Å². The van der Waals surface area contributed by atoms with Crippen LogP contribution in [0.25, 0.3) is 0 Å². The summed E-state index contributed by atoms with van der Waals surface area (Å²) in [7, 11) is 1.43. The van der Waals surface area contributed by atoms with E-state index >= 15 is 0 Å². The fourth-order valence-electron chi connectivity index (χ4n) is 4.20. The third kappa shape index (κ3) is 13.4. The van der Waals surface area contributed by atoms with Gasteiger partial charge in [-0.25, -0.2) is 4.79 Å². The Morgan fingerprint density at radius 2 is 1.55 bits per heavy atom. The third-order valence-electron chi connectivity index (χ3n) is 6.67. The first-order valence-electron chi connectivity index (χ1n) is 14.4. The number of aryl methyl sites for hydroxylation is 1. The van der Waals surface area contributed by atoms with Crippen molar-refractivity contribution in [2.45, 2.75) is 57.7 Å². The van der Waals surface area contributed by atoms with Crippen molar-refractivity contribution in [3.05, 3.63) is 89.0 Å². The van der Waals surface area contributed by atoms with Gasteiger partial charge in [-0.1, -0.05) is 49.2 Å². The summed E-state index contributed by atoms with van der Waals surface area (Å²) in [4.78, 5) is 10.5. The summed E-state index contributed by atoms with van der Waals surface area (Å²) in [6, 6.07) is 19.5. The fourth-order valence-corrected chi connectivity index (χ4v) is 4.20. The van der Waals surface area contributed by atoms with Crippen molar-refractivity contribution in [2.75, 3.05) is 33.4 Å². The molecule has 9 nitrogen and oxygen atoms in total. The number of aliphatic hydroxyl groups is 2. The minimum atomic E-state index is -1.17. The average molecular weight is 584 g/mol. The van der Waals surface area contributed by atoms with Gasteiger partial charge in [0, 0.05) is 25.3 Å². The van der Waals surface area contributed by atoms with Crippen LogP contribution < -0.4 is 10.1 Å². The van der Waals surface area contributed by atoms with Crippen LogP contribution in [-0.2, 0) is 17.8 Å². The Balaban J connectivity index is 0.000000428. The molecule has 0 spiro atoms. The number of carboxylic acid groups (broad SMARTS) is 1. The number of hydrogen-bond acceptors (Lipinski definition) is 8. The number of hydrogen-bond donors (Lipinski definition) is 6. The zero-order valence-corrected chi connectivity index (χ0v) is 24.4. The van der Waals surface area contributed by atoms with Crippen LogP contribution in [0.2, 0.25) is 0 Å². The van der Waals surface area contributed by atoms with E-state index in [4.69, 9.17) is 19.7 Å². The quantitative estimate of drug-likeness (QED) is 0.111. The molecule has 0 aliphatic heterocycles. The Kier molecular flexibility index (Phi) is 16.7. The van der Waals surface area contributed by atoms with Crippen LogP contribution in [0.1, 0.15) is 71.7 Å². The second-order valence-corrected chi connectivity index (χ2v) is 9.92. The van der Waals surface area contributed by atoms with Crippen LogP contribution in [0.15, 0.2) is 66.7 Å². The van der Waals surface area contributed by atoms with Crippen molar-refractivity contribution < 1.29 is 39.8 Å². The lowest BCUT2D eigenvalue weighted by Crippen LogP contribution is -2.22. The van der Waals surface area contributed by atoms with E-state index in [1.807, 2.05) is 0 Å². The molecule has 0 aromatic heterocycles. The standard InChI is InChI=1S/C25H37NO4.C8H8O4/c27-20-23-18-22(13-14-24(23)28)25(29)19-26-15-7-1-2-8-16-30-17-9-6-12-21-10-4-3-5-11-21;1-12-5-2-3-7(9)6(4-5)8(10)11/h3-5,10-11,13-14,18,25-29H,1-2,6-9,12,15-17,19-20H2;2-4,9H,1H3,(H,10,11). The Morgan fingerprint density at radius 1 is 0.857 bits per heavy atom. The van der Waals surface area contributed by atoms with Crippen molar-refractivity contribution in [1.29, 1.82) is 0 Å². The first-order chi connectivity index (χ1) is 20.3. The maximum absolute atomic E-state index is 10.5. The molecule has 1 unspecified atom stereocenters. The van der Waals surface area contributed by atoms with Gasteiger partial charge in [-0.2, -0.15) is 0 Å². The van der Waals surface area contributed by atoms with Crippen molar-refractivity contribution in [3.8, 4) is 17.2 Å². The number of nitrogens with one attached hydrogen (secondary N) is 1. The molecule has 0 heterocycles. The lowest BCUT2D eigenvalue weighted by molar-refractivity contribution is 0.0693. The molecule has 42 heavy (non-hydrogen) atoms. The van der Waals surface area contributed by atoms with Crippen molar-refractivity contribution in [2.24, 2.45) is 0 Å². The molecule has 0 fully saturated rings. The number of carboxylic acids is 1. The van der Waals surface area contributed by atoms with Crippen LogP contribution in [0.5, 0.6) is 17.2 Å². The van der Waals surface area contributed by atoms with Gasteiger partial charge in [0.1, 0.15) is 22.8 Å². The monoisotopic (exact) mass is 583 g/mol. The van der Waals surface area contributed by atoms with E-state index in [1.165, 1.54) is 43.4 Å². The van der Waals surface area contributed by atoms with Gasteiger partial charge in [-0.3, -0.25) is 0 Å². The zero-order valence-electron chi connectivity index (χ0n) is 24.4. The molecule has 0 saturated carbocycles. The predicted molar refractivity (Wildman–Crippen MR) is 162 cm³/mol. The molecular weight excluding hydrogens is 538 g/mol. The topological polar surface area (TPSA) is 149 Å². The second-order valence-electron chi connectivity index (χ2n) is 9.92. The summed E-state index contributed by atoms with van der Waals surface area (Å²) in [5.74, 6) is -0.975. The van der Waals surface area contributed by atoms with Gasteiger partial charge < -0.3 is 40.3 Å². The van der Waals surface area contributed by atoms with E-state index < -0.39 is 12.1 Å². The number of aromatic hydroxyl groups is 2. The van der Waals surface area contributed by atoms with Crippen molar-refractivity contribution >= 4 is 5.97 Å². The number of benzene rings is 3. The minimum Gasteiger partial charge on any atom is -0.508 e. The maximum atomic E-state index is 10.5. The van der Waals surface area contributed by atoms with E-state index in [0.29, 0.717) is 23.4 Å². The average Bonchev–Trinajstić information content (AvgIpc) is 3.00. The number of carbonyl (C=O) groups is 1. The number of methoxy groups -OCH3 is 1. The first-order valence-corrected chi connectivity index (χ1v) is 14.4. The van der Waals surface area contributed by atoms with Crippen LogP contribution in [0.3, 0.4) is 0 Å². The van der Waals surface area contributed by atoms with E-state index in [-0.39, 0.29) is 23.7 Å². The third-order valence-corrected chi connectivity index (χ3v) is 6.67. The summed E-state index contributed by atoms with van der Waals surface area (Å²) in [5, 5.41) is 49.9. The van der Waals surface area contributed by atoms with Crippen LogP contribution in [-0.4, -0.2) is 64.9 Å². The summed E-state index contributed by atoms with van der Waals surface area (Å²) in [6.07, 6.45) is 7.24. The van der Waals surface area contributed by atoms with Crippen molar-refractivity contribution in [1.82, 2.24) is 5.32 Å². The highest BCUT2D eigenvalue weighted by Gasteiger charge is 2.10. The normalized spacial score (nSPS) is 11.4. The lowest BCUT2D eigenvalue weighted by Gasteiger charge is -2.14. The summed E-state index contributed by atoms with van der Waals surface area (Å²) < 4.78 is 10.5. The van der Waals surface area contributed by atoms with Gasteiger partial charge in [-0.05, 0) is 80.1 Å². The number of unbranched alkanes of at least 4 members (excludes halogenated alkanes) is 4. The highest BCUT2D eigenvalue weighted by molar-refractivity contribution is 5.91. The Bertz CT molecular complexity index is 1170. The molecule has 9 heteroatoms. The SMILES string of the molecule is COc1ccc(O)c(C(=O)O)c1.OCc1cc(C(O)CNCCCCCCOCCCCc2ccccc2)ccc1O. The molecule has 3 rings (SSSR count).